The number of esters is 2. The van der Waals surface area contributed by atoms with Gasteiger partial charge < -0.3 is 9.47 Å². The minimum absolute atomic E-state index is 0.252. The number of hydrogen-bond acceptors (Lipinski definition) is 5. The van der Waals surface area contributed by atoms with Crippen molar-refractivity contribution in [3.05, 3.63) is 90.5 Å². The zero-order valence-corrected chi connectivity index (χ0v) is 14.8. The van der Waals surface area contributed by atoms with Gasteiger partial charge in [-0.15, -0.1) is 0 Å². The highest BCUT2D eigenvalue weighted by atomic mass is 16.5. The first-order valence-corrected chi connectivity index (χ1v) is 8.05. The molecule has 0 atom stereocenters. The van der Waals surface area contributed by atoms with Crippen molar-refractivity contribution in [2.24, 2.45) is 0 Å². The van der Waals surface area contributed by atoms with Gasteiger partial charge in [0, 0.05) is 23.3 Å². The molecule has 0 radical (unpaired) electrons. The Balaban J connectivity index is 2.20. The smallest absolute Gasteiger partial charge is 0.335 e. The van der Waals surface area contributed by atoms with E-state index in [9.17, 15) is 14.4 Å². The molecule has 0 unspecified atom stereocenters. The van der Waals surface area contributed by atoms with Gasteiger partial charge in [0.2, 0.25) is 0 Å². The molecule has 0 bridgehead atoms. The third kappa shape index (κ3) is 5.37. The molecule has 5 heteroatoms. The predicted molar refractivity (Wildman–Crippen MR) is 103 cm³/mol. The Morgan fingerprint density at radius 1 is 0.926 bits per heavy atom. The quantitative estimate of drug-likeness (QED) is 0.321. The molecule has 5 nitrogen and oxygen atoms in total. The lowest BCUT2D eigenvalue weighted by molar-refractivity contribution is -0.129. The summed E-state index contributed by atoms with van der Waals surface area (Å²) in [7, 11) is 0. The fraction of sp³-hybridized carbons (Fsp3) is 0.0455. The topological polar surface area (TPSA) is 69.7 Å². The number of hydrogen-bond donors (Lipinski definition) is 0. The SMILES string of the molecule is C=CC(=O)Oc1cccc(/C=C/C(=O)c2cccc(OC(=O)C=C)c2C)c1. The van der Waals surface area contributed by atoms with Crippen LogP contribution in [0.4, 0.5) is 0 Å². The standard InChI is InChI=1S/C22H18O5/c1-4-21(24)26-17-9-6-8-16(14-17)12-13-19(23)18-10-7-11-20(15(18)3)27-22(25)5-2/h4-14H,1-2H2,3H3/b13-12+. The zero-order chi connectivity index (χ0) is 19.8. The maximum atomic E-state index is 12.5. The van der Waals surface area contributed by atoms with Gasteiger partial charge in [0.15, 0.2) is 5.78 Å². The van der Waals surface area contributed by atoms with Crippen molar-refractivity contribution in [2.45, 2.75) is 6.92 Å². The molecule has 2 aromatic carbocycles. The number of allylic oxidation sites excluding steroid dienone is 1. The van der Waals surface area contributed by atoms with E-state index < -0.39 is 11.9 Å². The first-order valence-electron chi connectivity index (χ1n) is 8.05. The molecule has 0 amide bonds. The largest absolute Gasteiger partial charge is 0.423 e. The second-order valence-corrected chi connectivity index (χ2v) is 5.45. The number of carbonyl (C=O) groups is 3. The molecular weight excluding hydrogens is 344 g/mol. The van der Waals surface area contributed by atoms with Crippen LogP contribution in [-0.4, -0.2) is 17.7 Å². The molecule has 0 heterocycles. The van der Waals surface area contributed by atoms with E-state index in [1.165, 1.54) is 6.08 Å². The molecule has 0 aromatic heterocycles. The van der Waals surface area contributed by atoms with E-state index in [1.54, 1.807) is 55.5 Å². The molecule has 2 rings (SSSR count). The summed E-state index contributed by atoms with van der Waals surface area (Å²) in [6.07, 6.45) is 5.13. The summed E-state index contributed by atoms with van der Waals surface area (Å²) >= 11 is 0. The van der Waals surface area contributed by atoms with E-state index in [2.05, 4.69) is 13.2 Å². The lowest BCUT2D eigenvalue weighted by atomic mass is 10.0. The van der Waals surface area contributed by atoms with Crippen molar-refractivity contribution in [1.29, 1.82) is 0 Å². The van der Waals surface area contributed by atoms with Gasteiger partial charge in [-0.25, -0.2) is 9.59 Å². The summed E-state index contributed by atoms with van der Waals surface area (Å²) in [4.78, 5) is 35.1. The monoisotopic (exact) mass is 362 g/mol. The van der Waals surface area contributed by atoms with Gasteiger partial charge in [0.25, 0.3) is 0 Å². The summed E-state index contributed by atoms with van der Waals surface area (Å²) in [5.41, 5.74) is 1.65. The Kier molecular flexibility index (Phi) is 6.61. The first kappa shape index (κ1) is 19.6. The maximum absolute atomic E-state index is 12.5. The molecule has 0 aliphatic rings. The number of carbonyl (C=O) groups excluding carboxylic acids is 3. The van der Waals surface area contributed by atoms with Gasteiger partial charge >= 0.3 is 11.9 Å². The van der Waals surface area contributed by atoms with Crippen molar-refractivity contribution in [1.82, 2.24) is 0 Å². The van der Waals surface area contributed by atoms with Gasteiger partial charge in [-0.05, 0) is 36.8 Å². The molecule has 0 spiro atoms. The number of rotatable bonds is 7. The third-order valence-electron chi connectivity index (χ3n) is 3.60. The normalized spacial score (nSPS) is 10.3. The van der Waals surface area contributed by atoms with Crippen molar-refractivity contribution >= 4 is 23.8 Å². The van der Waals surface area contributed by atoms with Crippen LogP contribution in [0.2, 0.25) is 0 Å². The Bertz CT molecular complexity index is 937. The average molecular weight is 362 g/mol. The minimum Gasteiger partial charge on any atom is -0.423 e. The van der Waals surface area contributed by atoms with E-state index in [-0.39, 0.29) is 5.78 Å². The number of ketones is 1. The van der Waals surface area contributed by atoms with Crippen LogP contribution in [0.5, 0.6) is 11.5 Å². The lowest BCUT2D eigenvalue weighted by Gasteiger charge is -2.08. The van der Waals surface area contributed by atoms with Gasteiger partial charge in [0.05, 0.1) is 0 Å². The second kappa shape index (κ2) is 9.10. The molecule has 0 aliphatic heterocycles. The highest BCUT2D eigenvalue weighted by Crippen LogP contribution is 2.23. The minimum atomic E-state index is -0.593. The van der Waals surface area contributed by atoms with Gasteiger partial charge in [-0.1, -0.05) is 43.5 Å². The molecular formula is C22H18O5. The van der Waals surface area contributed by atoms with E-state index in [4.69, 9.17) is 9.47 Å². The van der Waals surface area contributed by atoms with Crippen molar-refractivity contribution in [3.8, 4) is 11.5 Å². The molecule has 136 valence electrons. The van der Waals surface area contributed by atoms with Crippen molar-refractivity contribution in [2.75, 3.05) is 0 Å². The fourth-order valence-electron chi connectivity index (χ4n) is 2.24. The van der Waals surface area contributed by atoms with Crippen LogP contribution in [0.3, 0.4) is 0 Å². The second-order valence-electron chi connectivity index (χ2n) is 5.45. The van der Waals surface area contributed by atoms with Crippen LogP contribution in [0.25, 0.3) is 6.08 Å². The van der Waals surface area contributed by atoms with Crippen LogP contribution in [0.1, 0.15) is 21.5 Å². The Morgan fingerprint density at radius 2 is 1.59 bits per heavy atom. The van der Waals surface area contributed by atoms with Crippen molar-refractivity contribution in [3.63, 3.8) is 0 Å². The molecule has 2 aromatic rings. The highest BCUT2D eigenvalue weighted by Gasteiger charge is 2.12. The zero-order valence-electron chi connectivity index (χ0n) is 14.8. The maximum Gasteiger partial charge on any atom is 0.335 e. The third-order valence-corrected chi connectivity index (χ3v) is 3.60. The van der Waals surface area contributed by atoms with E-state index in [0.29, 0.717) is 28.2 Å². The lowest BCUT2D eigenvalue weighted by Crippen LogP contribution is -2.07. The van der Waals surface area contributed by atoms with Gasteiger partial charge in [-0.2, -0.15) is 0 Å². The Hall–Kier alpha value is -3.73. The summed E-state index contributed by atoms with van der Waals surface area (Å²) in [5.74, 6) is -0.753. The molecule has 0 saturated heterocycles. The van der Waals surface area contributed by atoms with Crippen LogP contribution in [0, 0.1) is 6.92 Å². The van der Waals surface area contributed by atoms with Gasteiger partial charge in [0.1, 0.15) is 11.5 Å². The highest BCUT2D eigenvalue weighted by molar-refractivity contribution is 6.08. The molecule has 0 aliphatic carbocycles. The van der Waals surface area contributed by atoms with Crippen LogP contribution in [-0.2, 0) is 9.59 Å². The van der Waals surface area contributed by atoms with Crippen LogP contribution in [0.15, 0.2) is 73.9 Å². The summed E-state index contributed by atoms with van der Waals surface area (Å²) < 4.78 is 10.2. The van der Waals surface area contributed by atoms with E-state index in [0.717, 1.165) is 12.2 Å². The summed E-state index contributed by atoms with van der Waals surface area (Å²) in [6.45, 7) is 8.39. The van der Waals surface area contributed by atoms with Crippen LogP contribution < -0.4 is 9.47 Å². The van der Waals surface area contributed by atoms with Gasteiger partial charge in [-0.3, -0.25) is 4.79 Å². The summed E-state index contributed by atoms with van der Waals surface area (Å²) in [6, 6.07) is 11.6. The first-order chi connectivity index (χ1) is 12.9. The average Bonchev–Trinajstić information content (AvgIpc) is 2.67. The van der Waals surface area contributed by atoms with Crippen molar-refractivity contribution < 1.29 is 23.9 Å². The number of benzene rings is 2. The predicted octanol–water partition coefficient (Wildman–Crippen LogP) is 4.07. The Labute approximate surface area is 157 Å². The fourth-order valence-corrected chi connectivity index (χ4v) is 2.24. The summed E-state index contributed by atoms with van der Waals surface area (Å²) in [5, 5.41) is 0. The van der Waals surface area contributed by atoms with E-state index >= 15 is 0 Å². The Morgan fingerprint density at radius 3 is 2.30 bits per heavy atom. The molecule has 0 fully saturated rings. The van der Waals surface area contributed by atoms with E-state index in [1.807, 2.05) is 0 Å². The number of ether oxygens (including phenoxy) is 2. The van der Waals surface area contributed by atoms with Crippen LogP contribution >= 0.6 is 0 Å². The molecule has 0 N–H and O–H groups in total. The molecule has 27 heavy (non-hydrogen) atoms. The molecule has 0 saturated carbocycles.